The summed E-state index contributed by atoms with van der Waals surface area (Å²) in [5.74, 6) is 1.01. The molecule has 3 rings (SSSR count). The number of quaternary nitrogens is 1. The molecule has 0 radical (unpaired) electrons. The van der Waals surface area contributed by atoms with Gasteiger partial charge >= 0.3 is 0 Å². The van der Waals surface area contributed by atoms with E-state index in [-0.39, 0.29) is 12.4 Å². The zero-order valence-corrected chi connectivity index (χ0v) is 15.7. The molecule has 27 heavy (non-hydrogen) atoms. The van der Waals surface area contributed by atoms with E-state index in [0.29, 0.717) is 17.1 Å². The van der Waals surface area contributed by atoms with Gasteiger partial charge in [0.05, 0.1) is 7.11 Å². The van der Waals surface area contributed by atoms with Crippen molar-refractivity contribution in [3.8, 4) is 11.5 Å². The lowest BCUT2D eigenvalue weighted by Crippen LogP contribution is -2.80. The van der Waals surface area contributed by atoms with Crippen LogP contribution in [0.15, 0.2) is 66.7 Å². The van der Waals surface area contributed by atoms with E-state index in [4.69, 9.17) is 9.47 Å². The van der Waals surface area contributed by atoms with Crippen molar-refractivity contribution in [3.05, 3.63) is 94.8 Å². The van der Waals surface area contributed by atoms with Crippen molar-refractivity contribution >= 4 is 0 Å². The minimum absolute atomic E-state index is 0.169. The van der Waals surface area contributed by atoms with Gasteiger partial charge in [0, 0.05) is 16.7 Å². The zero-order valence-electron chi connectivity index (χ0n) is 15.7. The fourth-order valence-electron chi connectivity index (χ4n) is 2.86. The topological polar surface area (TPSA) is 35.1 Å². The first-order valence-electron chi connectivity index (χ1n) is 9.06. The zero-order chi connectivity index (χ0) is 19.1. The molecule has 3 nitrogen and oxygen atoms in total. The van der Waals surface area contributed by atoms with Gasteiger partial charge in [-0.1, -0.05) is 48.0 Å². The molecule has 0 atom stereocenters. The maximum absolute atomic E-state index is 13.7. The highest BCUT2D eigenvalue weighted by atomic mass is 19.1. The van der Waals surface area contributed by atoms with Gasteiger partial charge in [0.15, 0.2) is 11.5 Å². The van der Waals surface area contributed by atoms with Crippen LogP contribution in [0, 0.1) is 12.7 Å². The van der Waals surface area contributed by atoms with Gasteiger partial charge in [-0.15, -0.1) is 0 Å². The molecule has 3 aromatic rings. The lowest BCUT2D eigenvalue weighted by Gasteiger charge is -2.12. The third kappa shape index (κ3) is 5.31. The minimum atomic E-state index is -0.265. The van der Waals surface area contributed by atoms with Crippen molar-refractivity contribution in [2.45, 2.75) is 26.6 Å². The Morgan fingerprint density at radius 2 is 1.56 bits per heavy atom. The first kappa shape index (κ1) is 18.9. The molecule has 4 heteroatoms. The molecule has 0 fully saturated rings. The molecule has 3 aromatic carbocycles. The Morgan fingerprint density at radius 1 is 0.852 bits per heavy atom. The smallest absolute Gasteiger partial charge is 0.161 e. The van der Waals surface area contributed by atoms with E-state index in [9.17, 15) is 4.39 Å². The van der Waals surface area contributed by atoms with Gasteiger partial charge in [0.1, 0.15) is 25.5 Å². The Kier molecular flexibility index (Phi) is 6.44. The second kappa shape index (κ2) is 9.19. The van der Waals surface area contributed by atoms with Crippen LogP contribution >= 0.6 is 0 Å². The number of rotatable bonds is 8. The fraction of sp³-hybridized carbons (Fsp3) is 0.217. The number of nitrogens with two attached hydrogens (primary N) is 1. The van der Waals surface area contributed by atoms with E-state index in [0.717, 1.165) is 18.7 Å². The van der Waals surface area contributed by atoms with E-state index in [1.54, 1.807) is 25.3 Å². The summed E-state index contributed by atoms with van der Waals surface area (Å²) in [6, 6.07) is 21.1. The largest absolute Gasteiger partial charge is 0.493 e. The van der Waals surface area contributed by atoms with Gasteiger partial charge in [0.25, 0.3) is 0 Å². The number of ether oxygens (including phenoxy) is 2. The molecule has 0 unspecified atom stereocenters. The highest BCUT2D eigenvalue weighted by Crippen LogP contribution is 2.28. The van der Waals surface area contributed by atoms with Crippen LogP contribution < -0.4 is 14.8 Å². The van der Waals surface area contributed by atoms with Crippen molar-refractivity contribution in [2.75, 3.05) is 7.11 Å². The number of hydrogen-bond acceptors (Lipinski definition) is 2. The SMILES string of the molecule is COc1cc(C[NH2+]Cc2ccc(C)cc2)ccc1OCc1ccccc1F. The van der Waals surface area contributed by atoms with E-state index in [2.05, 4.69) is 36.5 Å². The lowest BCUT2D eigenvalue weighted by atomic mass is 10.1. The van der Waals surface area contributed by atoms with Crippen molar-refractivity contribution in [2.24, 2.45) is 0 Å². The van der Waals surface area contributed by atoms with Crippen molar-refractivity contribution in [3.63, 3.8) is 0 Å². The Hall–Kier alpha value is -2.85. The summed E-state index contributed by atoms with van der Waals surface area (Å²) in [6.07, 6.45) is 0. The fourth-order valence-corrected chi connectivity index (χ4v) is 2.86. The van der Waals surface area contributed by atoms with Crippen LogP contribution in [0.2, 0.25) is 0 Å². The summed E-state index contributed by atoms with van der Waals surface area (Å²) in [7, 11) is 1.62. The molecule has 0 saturated heterocycles. The van der Waals surface area contributed by atoms with Gasteiger partial charge < -0.3 is 14.8 Å². The monoisotopic (exact) mass is 366 g/mol. The number of benzene rings is 3. The first-order valence-corrected chi connectivity index (χ1v) is 9.06. The normalized spacial score (nSPS) is 10.6. The Bertz CT molecular complexity index is 878. The third-order valence-electron chi connectivity index (χ3n) is 4.45. The average molecular weight is 366 g/mol. The van der Waals surface area contributed by atoms with E-state index in [1.807, 2.05) is 18.2 Å². The highest BCUT2D eigenvalue weighted by molar-refractivity contribution is 5.43. The minimum Gasteiger partial charge on any atom is -0.493 e. The average Bonchev–Trinajstić information content (AvgIpc) is 2.69. The second-order valence-electron chi connectivity index (χ2n) is 6.55. The molecule has 0 heterocycles. The molecular formula is C23H25FNO2+. The molecule has 0 aliphatic carbocycles. The first-order chi connectivity index (χ1) is 13.2. The third-order valence-corrected chi connectivity index (χ3v) is 4.45. The Balaban J connectivity index is 1.58. The van der Waals surface area contributed by atoms with Gasteiger partial charge in [-0.25, -0.2) is 4.39 Å². The van der Waals surface area contributed by atoms with Crippen LogP contribution in [0.3, 0.4) is 0 Å². The summed E-state index contributed by atoms with van der Waals surface area (Å²) < 4.78 is 24.9. The second-order valence-corrected chi connectivity index (χ2v) is 6.55. The molecule has 0 amide bonds. The maximum atomic E-state index is 13.7. The lowest BCUT2D eigenvalue weighted by molar-refractivity contribution is -0.686. The van der Waals surface area contributed by atoms with E-state index >= 15 is 0 Å². The van der Waals surface area contributed by atoms with Crippen LogP contribution in [0.5, 0.6) is 11.5 Å². The summed E-state index contributed by atoms with van der Waals surface area (Å²) in [4.78, 5) is 0. The maximum Gasteiger partial charge on any atom is 0.161 e. The molecule has 0 spiro atoms. The van der Waals surface area contributed by atoms with Crippen LogP contribution in [-0.4, -0.2) is 7.11 Å². The molecule has 0 aliphatic heterocycles. The van der Waals surface area contributed by atoms with Crippen LogP contribution in [0.1, 0.15) is 22.3 Å². The molecule has 0 saturated carbocycles. The Morgan fingerprint density at radius 3 is 2.30 bits per heavy atom. The molecule has 0 aromatic heterocycles. The van der Waals surface area contributed by atoms with Gasteiger partial charge in [-0.05, 0) is 31.2 Å². The van der Waals surface area contributed by atoms with Crippen LogP contribution in [-0.2, 0) is 19.7 Å². The predicted octanol–water partition coefficient (Wildman–Crippen LogP) is 3.99. The van der Waals surface area contributed by atoms with Gasteiger partial charge in [-0.2, -0.15) is 0 Å². The summed E-state index contributed by atoms with van der Waals surface area (Å²) in [5, 5.41) is 2.25. The van der Waals surface area contributed by atoms with Gasteiger partial charge in [0.2, 0.25) is 0 Å². The molecule has 0 bridgehead atoms. The molecule has 2 N–H and O–H groups in total. The Labute approximate surface area is 159 Å². The van der Waals surface area contributed by atoms with Crippen LogP contribution in [0.25, 0.3) is 0 Å². The molecule has 140 valence electrons. The molecular weight excluding hydrogens is 341 g/mol. The number of hydrogen-bond donors (Lipinski definition) is 1. The summed E-state index contributed by atoms with van der Waals surface area (Å²) in [6.45, 7) is 4.03. The molecule has 0 aliphatic rings. The van der Waals surface area contributed by atoms with E-state index < -0.39 is 0 Å². The van der Waals surface area contributed by atoms with E-state index in [1.165, 1.54) is 17.2 Å². The van der Waals surface area contributed by atoms with Crippen LogP contribution in [0.4, 0.5) is 4.39 Å². The standard InChI is InChI=1S/C23H24FNO2/c1-17-7-9-18(10-8-17)14-25-15-19-11-12-22(23(13-19)26-2)27-16-20-5-3-4-6-21(20)24/h3-13,25H,14-16H2,1-2H3/p+1. The number of halogens is 1. The number of aryl methyl sites for hydroxylation is 1. The highest BCUT2D eigenvalue weighted by Gasteiger charge is 2.09. The van der Waals surface area contributed by atoms with Crippen molar-refractivity contribution in [1.29, 1.82) is 0 Å². The van der Waals surface area contributed by atoms with Crippen molar-refractivity contribution in [1.82, 2.24) is 0 Å². The van der Waals surface area contributed by atoms with Gasteiger partial charge in [-0.3, -0.25) is 0 Å². The predicted molar refractivity (Wildman–Crippen MR) is 104 cm³/mol. The summed E-state index contributed by atoms with van der Waals surface area (Å²) in [5.41, 5.74) is 4.25. The quantitative estimate of drug-likeness (QED) is 0.654. The van der Waals surface area contributed by atoms with Crippen molar-refractivity contribution < 1.29 is 19.2 Å². The summed E-state index contributed by atoms with van der Waals surface area (Å²) >= 11 is 0. The number of methoxy groups -OCH3 is 1.